The molecule has 7 heteroatoms. The molecule has 0 bridgehead atoms. The van der Waals surface area contributed by atoms with Gasteiger partial charge in [-0.2, -0.15) is 5.10 Å². The van der Waals surface area contributed by atoms with E-state index >= 15 is 0 Å². The third kappa shape index (κ3) is 2.08. The Morgan fingerprint density at radius 3 is 2.88 bits per heavy atom. The van der Waals surface area contributed by atoms with Crippen molar-refractivity contribution in [3.8, 4) is 0 Å². The molecule has 2 rings (SSSR count). The number of aromatic nitrogens is 6. The molecular weight excluding hydrogens is 206 g/mol. The zero-order valence-electron chi connectivity index (χ0n) is 9.41. The molecule has 2 aromatic heterocycles. The molecule has 0 radical (unpaired) electrons. The predicted molar refractivity (Wildman–Crippen MR) is 57.4 cm³/mol. The predicted octanol–water partition coefficient (Wildman–Crippen LogP) is -0.0425. The van der Waals surface area contributed by atoms with Gasteiger partial charge >= 0.3 is 0 Å². The summed E-state index contributed by atoms with van der Waals surface area (Å²) in [4.78, 5) is 4.20. The molecule has 0 aliphatic heterocycles. The SMILES string of the molecule is CC(C)n1ncnc1Cn1cc(CN)nn1. The number of hydrogen-bond acceptors (Lipinski definition) is 5. The highest BCUT2D eigenvalue weighted by molar-refractivity contribution is 4.94. The molecule has 0 aliphatic carbocycles. The van der Waals surface area contributed by atoms with Crippen LogP contribution in [0.1, 0.15) is 31.4 Å². The molecule has 0 atom stereocenters. The van der Waals surface area contributed by atoms with E-state index in [1.807, 2.05) is 10.9 Å². The fourth-order valence-corrected chi connectivity index (χ4v) is 1.47. The minimum Gasteiger partial charge on any atom is -0.325 e. The molecule has 2 aromatic rings. The number of hydrogen-bond donors (Lipinski definition) is 1. The van der Waals surface area contributed by atoms with E-state index in [9.17, 15) is 0 Å². The van der Waals surface area contributed by atoms with Crippen LogP contribution in [0, 0.1) is 0 Å². The summed E-state index contributed by atoms with van der Waals surface area (Å²) in [5, 5.41) is 12.0. The zero-order chi connectivity index (χ0) is 11.5. The standard InChI is InChI=1S/C9H15N7/c1-7(2)16-9(11-6-12-16)5-15-4-8(3-10)13-14-15/h4,6-7H,3,5,10H2,1-2H3. The van der Waals surface area contributed by atoms with Gasteiger partial charge in [-0.1, -0.05) is 5.21 Å². The van der Waals surface area contributed by atoms with Gasteiger partial charge in [0.05, 0.1) is 11.9 Å². The molecule has 86 valence electrons. The Morgan fingerprint density at radius 1 is 1.44 bits per heavy atom. The van der Waals surface area contributed by atoms with Crippen molar-refractivity contribution in [1.29, 1.82) is 0 Å². The smallest absolute Gasteiger partial charge is 0.148 e. The molecule has 7 nitrogen and oxygen atoms in total. The summed E-state index contributed by atoms with van der Waals surface area (Å²) in [6.45, 7) is 5.08. The van der Waals surface area contributed by atoms with Crippen molar-refractivity contribution >= 4 is 0 Å². The van der Waals surface area contributed by atoms with Crippen LogP contribution in [-0.4, -0.2) is 29.8 Å². The highest BCUT2D eigenvalue weighted by Gasteiger charge is 2.09. The Morgan fingerprint density at radius 2 is 2.25 bits per heavy atom. The fraction of sp³-hybridized carbons (Fsp3) is 0.556. The fourth-order valence-electron chi connectivity index (χ4n) is 1.47. The minimum absolute atomic E-state index is 0.287. The van der Waals surface area contributed by atoms with Crippen LogP contribution in [0.15, 0.2) is 12.5 Å². The lowest BCUT2D eigenvalue weighted by molar-refractivity contribution is 0.485. The largest absolute Gasteiger partial charge is 0.325 e. The topological polar surface area (TPSA) is 87.4 Å². The van der Waals surface area contributed by atoms with E-state index in [-0.39, 0.29) is 6.04 Å². The van der Waals surface area contributed by atoms with Crippen molar-refractivity contribution < 1.29 is 0 Å². The van der Waals surface area contributed by atoms with Crippen molar-refractivity contribution in [2.45, 2.75) is 33.0 Å². The normalized spacial score (nSPS) is 11.2. The quantitative estimate of drug-likeness (QED) is 0.782. The first-order chi connectivity index (χ1) is 7.70. The van der Waals surface area contributed by atoms with Crippen LogP contribution < -0.4 is 5.73 Å². The molecule has 0 unspecified atom stereocenters. The summed E-state index contributed by atoms with van der Waals surface area (Å²) in [6, 6.07) is 0.287. The molecule has 0 saturated heterocycles. The lowest BCUT2D eigenvalue weighted by Crippen LogP contribution is -2.12. The van der Waals surface area contributed by atoms with Crippen LogP contribution in [0.3, 0.4) is 0 Å². The van der Waals surface area contributed by atoms with E-state index in [4.69, 9.17) is 5.73 Å². The van der Waals surface area contributed by atoms with Gasteiger partial charge < -0.3 is 5.73 Å². The molecule has 0 amide bonds. The Labute approximate surface area is 93.3 Å². The third-order valence-corrected chi connectivity index (χ3v) is 2.24. The van der Waals surface area contributed by atoms with Crippen molar-refractivity contribution in [3.05, 3.63) is 24.0 Å². The van der Waals surface area contributed by atoms with Gasteiger partial charge in [0.1, 0.15) is 18.7 Å². The molecule has 0 aromatic carbocycles. The van der Waals surface area contributed by atoms with Gasteiger partial charge in [0.25, 0.3) is 0 Å². The van der Waals surface area contributed by atoms with Gasteiger partial charge in [-0.25, -0.2) is 14.3 Å². The molecule has 0 fully saturated rings. The minimum atomic E-state index is 0.287. The summed E-state index contributed by atoms with van der Waals surface area (Å²) in [5.41, 5.74) is 6.24. The van der Waals surface area contributed by atoms with Crippen LogP contribution in [0.5, 0.6) is 0 Å². The second kappa shape index (κ2) is 4.40. The maximum Gasteiger partial charge on any atom is 0.148 e. The Balaban J connectivity index is 2.17. The molecule has 2 N–H and O–H groups in total. The second-order valence-electron chi connectivity index (χ2n) is 3.83. The lowest BCUT2D eigenvalue weighted by Gasteiger charge is -2.08. The van der Waals surface area contributed by atoms with Crippen molar-refractivity contribution in [3.63, 3.8) is 0 Å². The lowest BCUT2D eigenvalue weighted by atomic mass is 10.4. The number of nitrogens with two attached hydrogens (primary N) is 1. The van der Waals surface area contributed by atoms with Crippen LogP contribution in [0.4, 0.5) is 0 Å². The molecule has 2 heterocycles. The van der Waals surface area contributed by atoms with E-state index in [0.29, 0.717) is 13.1 Å². The van der Waals surface area contributed by atoms with Crippen molar-refractivity contribution in [1.82, 2.24) is 29.8 Å². The summed E-state index contributed by atoms with van der Waals surface area (Å²) >= 11 is 0. The number of rotatable bonds is 4. The monoisotopic (exact) mass is 221 g/mol. The van der Waals surface area contributed by atoms with E-state index in [2.05, 4.69) is 34.2 Å². The van der Waals surface area contributed by atoms with Gasteiger partial charge in [0.15, 0.2) is 0 Å². The number of nitrogens with zero attached hydrogens (tertiary/aromatic N) is 6. The summed E-state index contributed by atoms with van der Waals surface area (Å²) in [5.74, 6) is 0.864. The van der Waals surface area contributed by atoms with Gasteiger partial charge in [0, 0.05) is 12.6 Å². The average Bonchev–Trinajstić information content (AvgIpc) is 2.87. The highest BCUT2D eigenvalue weighted by atomic mass is 15.4. The molecule has 0 spiro atoms. The van der Waals surface area contributed by atoms with E-state index in [1.165, 1.54) is 0 Å². The second-order valence-corrected chi connectivity index (χ2v) is 3.83. The van der Waals surface area contributed by atoms with Crippen molar-refractivity contribution in [2.75, 3.05) is 0 Å². The maximum atomic E-state index is 5.47. The van der Waals surface area contributed by atoms with E-state index < -0.39 is 0 Å². The summed E-state index contributed by atoms with van der Waals surface area (Å²) < 4.78 is 3.58. The summed E-state index contributed by atoms with van der Waals surface area (Å²) in [7, 11) is 0. The van der Waals surface area contributed by atoms with Crippen LogP contribution in [-0.2, 0) is 13.1 Å². The van der Waals surface area contributed by atoms with Crippen LogP contribution >= 0.6 is 0 Å². The van der Waals surface area contributed by atoms with E-state index in [1.54, 1.807) is 11.0 Å². The zero-order valence-corrected chi connectivity index (χ0v) is 9.41. The maximum absolute atomic E-state index is 5.47. The van der Waals surface area contributed by atoms with Crippen LogP contribution in [0.25, 0.3) is 0 Å². The van der Waals surface area contributed by atoms with Gasteiger partial charge in [-0.15, -0.1) is 5.10 Å². The van der Waals surface area contributed by atoms with Gasteiger partial charge in [-0.3, -0.25) is 0 Å². The third-order valence-electron chi connectivity index (χ3n) is 2.24. The van der Waals surface area contributed by atoms with Crippen LogP contribution in [0.2, 0.25) is 0 Å². The van der Waals surface area contributed by atoms with Gasteiger partial charge in [-0.05, 0) is 13.8 Å². The first-order valence-corrected chi connectivity index (χ1v) is 5.18. The van der Waals surface area contributed by atoms with Crippen molar-refractivity contribution in [2.24, 2.45) is 5.73 Å². The van der Waals surface area contributed by atoms with Gasteiger partial charge in [0.2, 0.25) is 0 Å². The molecule has 16 heavy (non-hydrogen) atoms. The molecule has 0 aliphatic rings. The Bertz CT molecular complexity index is 456. The first-order valence-electron chi connectivity index (χ1n) is 5.18. The average molecular weight is 221 g/mol. The summed E-state index contributed by atoms with van der Waals surface area (Å²) in [6.07, 6.45) is 3.37. The highest BCUT2D eigenvalue weighted by Crippen LogP contribution is 2.06. The Hall–Kier alpha value is -1.76. The Kier molecular flexibility index (Phi) is 2.95. The molecule has 0 saturated carbocycles. The van der Waals surface area contributed by atoms with E-state index in [0.717, 1.165) is 11.5 Å². The first kappa shape index (κ1) is 10.7. The molecular formula is C9H15N7.